The number of hydrogen-bond acceptors (Lipinski definition) is 7. The van der Waals surface area contributed by atoms with Crippen molar-refractivity contribution in [2.45, 2.75) is 72.1 Å². The van der Waals surface area contributed by atoms with Gasteiger partial charge in [-0.2, -0.15) is 0 Å². The number of imidazole rings is 1. The van der Waals surface area contributed by atoms with Crippen molar-refractivity contribution >= 4 is 39.8 Å². The number of carboxylic acid groups (broad SMARTS) is 1. The Hall–Kier alpha value is -3.60. The van der Waals surface area contributed by atoms with E-state index in [4.69, 9.17) is 25.3 Å². The van der Waals surface area contributed by atoms with Crippen LogP contribution in [0.15, 0.2) is 18.2 Å². The maximum atomic E-state index is 11.8. The highest BCUT2D eigenvalue weighted by molar-refractivity contribution is 6.07. The fourth-order valence-corrected chi connectivity index (χ4v) is 4.38. The lowest BCUT2D eigenvalue weighted by atomic mass is 10.1. The number of benzene rings is 1. The van der Waals surface area contributed by atoms with E-state index in [0.717, 1.165) is 42.4 Å². The number of ether oxygens (including phenoxy) is 2. The monoisotopic (exact) mass is 514 g/mol. The molecule has 0 radical (unpaired) electrons. The number of pyridine rings is 1. The van der Waals surface area contributed by atoms with Gasteiger partial charge in [0, 0.05) is 38.1 Å². The molecule has 0 atom stereocenters. The number of anilines is 1. The van der Waals surface area contributed by atoms with E-state index in [-0.39, 0.29) is 5.91 Å². The predicted molar refractivity (Wildman–Crippen MR) is 143 cm³/mol. The van der Waals surface area contributed by atoms with E-state index in [1.165, 1.54) is 6.92 Å². The van der Waals surface area contributed by atoms with Crippen LogP contribution in [0.2, 0.25) is 0 Å². The summed E-state index contributed by atoms with van der Waals surface area (Å²) in [7, 11) is 0. The number of hydrogen-bond donors (Lipinski definition) is 4. The van der Waals surface area contributed by atoms with Gasteiger partial charge in [-0.15, -0.1) is 0 Å². The van der Waals surface area contributed by atoms with Crippen LogP contribution in [0.5, 0.6) is 5.75 Å². The van der Waals surface area contributed by atoms with Crippen LogP contribution in [0, 0.1) is 0 Å². The molecule has 2 amide bonds. The highest BCUT2D eigenvalue weighted by Crippen LogP contribution is 2.32. The lowest BCUT2D eigenvalue weighted by molar-refractivity contribution is -0.120. The van der Waals surface area contributed by atoms with Crippen molar-refractivity contribution in [2.75, 3.05) is 25.5 Å². The summed E-state index contributed by atoms with van der Waals surface area (Å²) in [6.45, 7) is 9.72. The topological polar surface area (TPSA) is 154 Å². The minimum atomic E-state index is -0.990. The highest BCUT2D eigenvalue weighted by Gasteiger charge is 2.25. The van der Waals surface area contributed by atoms with Crippen molar-refractivity contribution in [1.29, 1.82) is 0 Å². The van der Waals surface area contributed by atoms with Crippen molar-refractivity contribution in [3.63, 3.8) is 0 Å². The van der Waals surface area contributed by atoms with Crippen LogP contribution < -0.4 is 21.1 Å². The molecule has 0 aliphatic rings. The van der Waals surface area contributed by atoms with Crippen LogP contribution in [0.4, 0.5) is 10.6 Å². The second kappa shape index (κ2) is 12.6. The lowest BCUT2D eigenvalue weighted by Gasteiger charge is -2.27. The molecule has 11 nitrogen and oxygen atoms in total. The standard InChI is InChI=1S/C26H38N6O5/c1-5-36-15-21-30-22-23(32(21)16-26(3,4)31-17(2)33)19-11-10-18(14-20(19)29-24(22)27)37-13-9-7-6-8-12-28-25(34)35/h10-11,14,28H,5-9,12-13,15-16H2,1-4H3,(H2,27,29)(H,31,33)(H,34,35). The molecule has 3 rings (SSSR count). The van der Waals surface area contributed by atoms with Gasteiger partial charge >= 0.3 is 6.09 Å². The average Bonchev–Trinajstić information content (AvgIpc) is 3.16. The van der Waals surface area contributed by atoms with Crippen molar-refractivity contribution < 1.29 is 24.2 Å². The largest absolute Gasteiger partial charge is 0.494 e. The van der Waals surface area contributed by atoms with Crippen LogP contribution in [0.25, 0.3) is 21.9 Å². The first-order valence-electron chi connectivity index (χ1n) is 12.7. The van der Waals surface area contributed by atoms with Crippen molar-refractivity contribution in [3.8, 4) is 5.75 Å². The molecular formula is C26H38N6O5. The Morgan fingerprint density at radius 3 is 2.62 bits per heavy atom. The molecule has 3 aromatic rings. The minimum absolute atomic E-state index is 0.106. The maximum Gasteiger partial charge on any atom is 0.404 e. The fourth-order valence-electron chi connectivity index (χ4n) is 4.38. The fraction of sp³-hybridized carbons (Fsp3) is 0.538. The summed E-state index contributed by atoms with van der Waals surface area (Å²) in [4.78, 5) is 31.6. The van der Waals surface area contributed by atoms with Gasteiger partial charge in [0.15, 0.2) is 5.82 Å². The second-order valence-electron chi connectivity index (χ2n) is 9.68. The van der Waals surface area contributed by atoms with Crippen molar-refractivity contribution in [3.05, 3.63) is 24.0 Å². The minimum Gasteiger partial charge on any atom is -0.494 e. The van der Waals surface area contributed by atoms with Gasteiger partial charge in [-0.25, -0.2) is 14.8 Å². The summed E-state index contributed by atoms with van der Waals surface area (Å²) in [5.74, 6) is 1.63. The number of fused-ring (bicyclic) bond motifs is 3. The number of aromatic nitrogens is 3. The molecule has 0 unspecified atom stereocenters. The van der Waals surface area contributed by atoms with Crippen molar-refractivity contribution in [1.82, 2.24) is 25.2 Å². The molecule has 202 valence electrons. The smallest absolute Gasteiger partial charge is 0.404 e. The number of nitrogens with two attached hydrogens (primary N) is 1. The van der Waals surface area contributed by atoms with Crippen LogP contribution in [0.1, 0.15) is 59.2 Å². The van der Waals surface area contributed by atoms with Gasteiger partial charge in [0.05, 0.1) is 23.2 Å². The molecule has 1 aromatic carbocycles. The Morgan fingerprint density at radius 2 is 1.92 bits per heavy atom. The number of nitrogens with zero attached hydrogens (tertiary/aromatic N) is 3. The van der Waals surface area contributed by atoms with E-state index in [9.17, 15) is 9.59 Å². The SMILES string of the molecule is CCOCc1nc2c(N)nc3cc(OCCCCCCNC(=O)O)ccc3c2n1CC(C)(C)NC(C)=O. The molecular weight excluding hydrogens is 476 g/mol. The summed E-state index contributed by atoms with van der Waals surface area (Å²) in [6.07, 6.45) is 2.56. The summed E-state index contributed by atoms with van der Waals surface area (Å²) in [5, 5.41) is 14.8. The average molecular weight is 515 g/mol. The van der Waals surface area contributed by atoms with E-state index in [1.54, 1.807) is 0 Å². The number of rotatable bonds is 14. The summed E-state index contributed by atoms with van der Waals surface area (Å²) in [6, 6.07) is 5.75. The molecule has 0 bridgehead atoms. The molecule has 0 aliphatic carbocycles. The molecule has 0 spiro atoms. The van der Waals surface area contributed by atoms with E-state index in [2.05, 4.69) is 20.2 Å². The van der Waals surface area contributed by atoms with Gasteiger partial charge in [-0.05, 0) is 45.7 Å². The van der Waals surface area contributed by atoms with Gasteiger partial charge < -0.3 is 35.5 Å². The lowest BCUT2D eigenvalue weighted by Crippen LogP contribution is -2.45. The zero-order chi connectivity index (χ0) is 27.0. The number of unbranched alkanes of at least 4 members (excludes halogenated alkanes) is 3. The van der Waals surface area contributed by atoms with Gasteiger partial charge in [-0.3, -0.25) is 4.79 Å². The van der Waals surface area contributed by atoms with Crippen LogP contribution >= 0.6 is 0 Å². The first-order chi connectivity index (χ1) is 17.6. The number of nitrogen functional groups attached to an aromatic ring is 1. The maximum absolute atomic E-state index is 11.8. The van der Waals surface area contributed by atoms with Gasteiger partial charge in [0.1, 0.15) is 23.7 Å². The summed E-state index contributed by atoms with van der Waals surface area (Å²) in [5.41, 5.74) is 7.96. The molecule has 0 aliphatic heterocycles. The number of carbonyl (C=O) groups is 2. The summed E-state index contributed by atoms with van der Waals surface area (Å²) < 4.78 is 13.7. The zero-order valence-electron chi connectivity index (χ0n) is 22.1. The Bertz CT molecular complexity index is 1240. The van der Waals surface area contributed by atoms with Crippen LogP contribution in [0.3, 0.4) is 0 Å². The summed E-state index contributed by atoms with van der Waals surface area (Å²) >= 11 is 0. The Labute approximate surface area is 216 Å². The Kier molecular flexibility index (Phi) is 9.51. The van der Waals surface area contributed by atoms with E-state index in [0.29, 0.717) is 55.5 Å². The zero-order valence-corrected chi connectivity index (χ0v) is 22.1. The predicted octanol–water partition coefficient (Wildman–Crippen LogP) is 3.82. The molecule has 37 heavy (non-hydrogen) atoms. The molecule has 5 N–H and O–H groups in total. The van der Waals surface area contributed by atoms with Gasteiger partial charge in [-0.1, -0.05) is 12.8 Å². The van der Waals surface area contributed by atoms with Gasteiger partial charge in [0.2, 0.25) is 5.91 Å². The third-order valence-corrected chi connectivity index (χ3v) is 5.87. The molecule has 2 aromatic heterocycles. The molecule has 0 saturated carbocycles. The van der Waals surface area contributed by atoms with Gasteiger partial charge in [0.25, 0.3) is 0 Å². The molecule has 0 saturated heterocycles. The molecule has 2 heterocycles. The van der Waals surface area contributed by atoms with E-state index < -0.39 is 11.6 Å². The Morgan fingerprint density at radius 1 is 1.16 bits per heavy atom. The third kappa shape index (κ3) is 7.69. The second-order valence-corrected chi connectivity index (χ2v) is 9.68. The van der Waals surface area contributed by atoms with E-state index in [1.807, 2.05) is 39.0 Å². The number of nitrogens with one attached hydrogen (secondary N) is 2. The number of amides is 2. The van der Waals surface area contributed by atoms with Crippen LogP contribution in [-0.2, 0) is 22.7 Å². The normalized spacial score (nSPS) is 11.7. The molecule has 0 fully saturated rings. The van der Waals surface area contributed by atoms with Crippen molar-refractivity contribution in [2.24, 2.45) is 0 Å². The third-order valence-electron chi connectivity index (χ3n) is 5.87. The van der Waals surface area contributed by atoms with Crippen LogP contribution in [-0.4, -0.2) is 56.9 Å². The first-order valence-corrected chi connectivity index (χ1v) is 12.7. The van der Waals surface area contributed by atoms with E-state index >= 15 is 0 Å². The first kappa shape index (κ1) is 28.0. The quantitative estimate of drug-likeness (QED) is 0.237. The molecule has 11 heteroatoms. The number of carbonyl (C=O) groups excluding carboxylic acids is 1. The highest BCUT2D eigenvalue weighted by atomic mass is 16.5. The Balaban J connectivity index is 1.82.